The van der Waals surface area contributed by atoms with Gasteiger partial charge in [0.05, 0.1) is 12.2 Å². The molecule has 0 aliphatic carbocycles. The number of nitrogens with zero attached hydrogens (tertiary/aromatic N) is 1. The van der Waals surface area contributed by atoms with E-state index in [4.69, 9.17) is 4.74 Å². The Morgan fingerprint density at radius 3 is 2.92 bits per heavy atom. The van der Waals surface area contributed by atoms with Gasteiger partial charge in [-0.15, -0.1) is 0 Å². The maximum absolute atomic E-state index is 6.02. The van der Waals surface area contributed by atoms with Gasteiger partial charge in [0.15, 0.2) is 0 Å². The van der Waals surface area contributed by atoms with Gasteiger partial charge in [0.2, 0.25) is 0 Å². The largest absolute Gasteiger partial charge is 0.372 e. The van der Waals surface area contributed by atoms with Gasteiger partial charge in [-0.3, -0.25) is 0 Å². The highest BCUT2D eigenvalue weighted by atomic mass is 16.5. The molecule has 2 aliphatic heterocycles. The average molecular weight is 184 g/mol. The molecule has 0 aromatic rings. The Labute approximate surface area is 80.4 Å². The molecular formula is C10H20N2O. The number of rotatable bonds is 2. The van der Waals surface area contributed by atoms with Crippen LogP contribution in [0.15, 0.2) is 0 Å². The normalized spacial score (nSPS) is 36.7. The van der Waals surface area contributed by atoms with Gasteiger partial charge in [-0.05, 0) is 39.4 Å². The van der Waals surface area contributed by atoms with Gasteiger partial charge in [-0.1, -0.05) is 0 Å². The molecular weight excluding hydrogens is 164 g/mol. The third kappa shape index (κ3) is 2.66. The lowest BCUT2D eigenvalue weighted by molar-refractivity contribution is -0.0347. The standard InChI is InChI=1S/C10H20N2O/c1-12-6-2-3-10(8-12)13-9-4-5-11-7-9/h9-11H,2-8H2,1H3/t9-,10-/m0/s1. The minimum absolute atomic E-state index is 0.483. The number of ether oxygens (including phenoxy) is 1. The maximum atomic E-state index is 6.02. The zero-order valence-electron chi connectivity index (χ0n) is 8.46. The van der Waals surface area contributed by atoms with Crippen molar-refractivity contribution in [1.82, 2.24) is 10.2 Å². The highest BCUT2D eigenvalue weighted by molar-refractivity contribution is 4.76. The molecule has 13 heavy (non-hydrogen) atoms. The molecule has 1 N–H and O–H groups in total. The van der Waals surface area contributed by atoms with Gasteiger partial charge in [0.25, 0.3) is 0 Å². The molecule has 0 amide bonds. The van der Waals surface area contributed by atoms with Crippen molar-refractivity contribution in [3.8, 4) is 0 Å². The number of likely N-dealkylation sites (N-methyl/N-ethyl adjacent to an activating group) is 1. The Kier molecular flexibility index (Phi) is 3.19. The van der Waals surface area contributed by atoms with Crippen LogP contribution in [0.25, 0.3) is 0 Å². The molecule has 0 radical (unpaired) electrons. The zero-order chi connectivity index (χ0) is 9.10. The van der Waals surface area contributed by atoms with E-state index in [0.29, 0.717) is 12.2 Å². The van der Waals surface area contributed by atoms with Crippen LogP contribution in [0, 0.1) is 0 Å². The molecule has 3 nitrogen and oxygen atoms in total. The van der Waals surface area contributed by atoms with Crippen LogP contribution in [-0.2, 0) is 4.74 Å². The molecule has 2 rings (SSSR count). The molecule has 2 atom stereocenters. The van der Waals surface area contributed by atoms with Crippen molar-refractivity contribution in [1.29, 1.82) is 0 Å². The summed E-state index contributed by atoms with van der Waals surface area (Å²) >= 11 is 0. The molecule has 2 fully saturated rings. The van der Waals surface area contributed by atoms with E-state index < -0.39 is 0 Å². The predicted molar refractivity (Wildman–Crippen MR) is 52.9 cm³/mol. The summed E-state index contributed by atoms with van der Waals surface area (Å²) in [6.45, 7) is 4.55. The van der Waals surface area contributed by atoms with Crippen molar-refractivity contribution in [3.63, 3.8) is 0 Å². The van der Waals surface area contributed by atoms with Crippen LogP contribution in [0.5, 0.6) is 0 Å². The predicted octanol–water partition coefficient (Wildman–Crippen LogP) is 0.459. The molecule has 0 spiro atoms. The molecule has 0 bridgehead atoms. The van der Waals surface area contributed by atoms with Crippen LogP contribution < -0.4 is 5.32 Å². The lowest BCUT2D eigenvalue weighted by Crippen LogP contribution is -2.39. The van der Waals surface area contributed by atoms with Gasteiger partial charge >= 0.3 is 0 Å². The summed E-state index contributed by atoms with van der Waals surface area (Å²) in [6.07, 6.45) is 4.71. The van der Waals surface area contributed by atoms with E-state index in [9.17, 15) is 0 Å². The summed E-state index contributed by atoms with van der Waals surface area (Å²) in [5.74, 6) is 0. The molecule has 2 aliphatic rings. The quantitative estimate of drug-likeness (QED) is 0.675. The number of hydrogen-bond acceptors (Lipinski definition) is 3. The van der Waals surface area contributed by atoms with Crippen LogP contribution in [0.4, 0.5) is 0 Å². The summed E-state index contributed by atoms with van der Waals surface area (Å²) in [5.41, 5.74) is 0. The van der Waals surface area contributed by atoms with Gasteiger partial charge in [0.1, 0.15) is 0 Å². The molecule has 0 unspecified atom stereocenters. The highest BCUT2D eigenvalue weighted by Crippen LogP contribution is 2.15. The van der Waals surface area contributed by atoms with E-state index in [2.05, 4.69) is 17.3 Å². The van der Waals surface area contributed by atoms with Crippen molar-refractivity contribution in [2.24, 2.45) is 0 Å². The van der Waals surface area contributed by atoms with E-state index in [1.807, 2.05) is 0 Å². The van der Waals surface area contributed by atoms with E-state index in [-0.39, 0.29) is 0 Å². The molecule has 0 aromatic heterocycles. The number of piperidine rings is 1. The van der Waals surface area contributed by atoms with Crippen molar-refractivity contribution in [2.75, 3.05) is 33.2 Å². The topological polar surface area (TPSA) is 24.5 Å². The van der Waals surface area contributed by atoms with Crippen molar-refractivity contribution in [3.05, 3.63) is 0 Å². The molecule has 0 aromatic carbocycles. The Morgan fingerprint density at radius 1 is 1.31 bits per heavy atom. The van der Waals surface area contributed by atoms with E-state index in [1.165, 1.54) is 25.8 Å². The van der Waals surface area contributed by atoms with E-state index in [0.717, 1.165) is 19.6 Å². The molecule has 76 valence electrons. The number of hydrogen-bond donors (Lipinski definition) is 1. The van der Waals surface area contributed by atoms with Gasteiger partial charge in [-0.2, -0.15) is 0 Å². The summed E-state index contributed by atoms with van der Waals surface area (Å²) in [5, 5.41) is 3.33. The Morgan fingerprint density at radius 2 is 2.23 bits per heavy atom. The second-order valence-electron chi connectivity index (χ2n) is 4.28. The fraction of sp³-hybridized carbons (Fsp3) is 1.00. The SMILES string of the molecule is CN1CCC[C@H](O[C@H]2CCNC2)C1. The maximum Gasteiger partial charge on any atom is 0.0715 e. The summed E-state index contributed by atoms with van der Waals surface area (Å²) in [7, 11) is 2.18. The van der Waals surface area contributed by atoms with Crippen molar-refractivity contribution in [2.45, 2.75) is 31.5 Å². The molecule has 2 heterocycles. The molecule has 3 heteroatoms. The van der Waals surface area contributed by atoms with Gasteiger partial charge in [-0.25, -0.2) is 0 Å². The number of likely N-dealkylation sites (tertiary alicyclic amines) is 1. The zero-order valence-corrected chi connectivity index (χ0v) is 8.46. The lowest BCUT2D eigenvalue weighted by atomic mass is 10.1. The Balaban J connectivity index is 1.73. The van der Waals surface area contributed by atoms with Crippen molar-refractivity contribution >= 4 is 0 Å². The fourth-order valence-corrected chi connectivity index (χ4v) is 2.25. The fourth-order valence-electron chi connectivity index (χ4n) is 2.25. The Hall–Kier alpha value is -0.120. The first-order chi connectivity index (χ1) is 6.34. The molecule has 2 saturated heterocycles. The first-order valence-electron chi connectivity index (χ1n) is 5.39. The van der Waals surface area contributed by atoms with Gasteiger partial charge in [0, 0.05) is 13.1 Å². The minimum atomic E-state index is 0.483. The monoisotopic (exact) mass is 184 g/mol. The summed E-state index contributed by atoms with van der Waals surface area (Å²) in [6, 6.07) is 0. The Bertz CT molecular complexity index is 157. The van der Waals surface area contributed by atoms with Crippen LogP contribution in [0.2, 0.25) is 0 Å². The smallest absolute Gasteiger partial charge is 0.0715 e. The van der Waals surface area contributed by atoms with Gasteiger partial charge < -0.3 is 15.0 Å². The second kappa shape index (κ2) is 4.40. The van der Waals surface area contributed by atoms with Crippen LogP contribution in [-0.4, -0.2) is 50.3 Å². The average Bonchev–Trinajstić information content (AvgIpc) is 2.57. The van der Waals surface area contributed by atoms with Crippen LogP contribution >= 0.6 is 0 Å². The molecule has 0 saturated carbocycles. The summed E-state index contributed by atoms with van der Waals surface area (Å²) < 4.78 is 6.02. The van der Waals surface area contributed by atoms with E-state index >= 15 is 0 Å². The number of nitrogens with one attached hydrogen (secondary N) is 1. The van der Waals surface area contributed by atoms with Crippen LogP contribution in [0.1, 0.15) is 19.3 Å². The summed E-state index contributed by atoms with van der Waals surface area (Å²) in [4.78, 5) is 2.37. The minimum Gasteiger partial charge on any atom is -0.372 e. The highest BCUT2D eigenvalue weighted by Gasteiger charge is 2.23. The third-order valence-electron chi connectivity index (χ3n) is 2.98. The van der Waals surface area contributed by atoms with Crippen molar-refractivity contribution < 1.29 is 4.74 Å². The first kappa shape index (κ1) is 9.44. The first-order valence-corrected chi connectivity index (χ1v) is 5.39. The lowest BCUT2D eigenvalue weighted by Gasteiger charge is -2.31. The van der Waals surface area contributed by atoms with Crippen LogP contribution in [0.3, 0.4) is 0 Å². The third-order valence-corrected chi connectivity index (χ3v) is 2.98. The second-order valence-corrected chi connectivity index (χ2v) is 4.28. The van der Waals surface area contributed by atoms with E-state index in [1.54, 1.807) is 0 Å².